The van der Waals surface area contributed by atoms with Gasteiger partial charge in [0.05, 0.1) is 29.2 Å². The Labute approximate surface area is 205 Å². The van der Waals surface area contributed by atoms with Gasteiger partial charge in [-0.15, -0.1) is 11.1 Å². The molecule has 4 aromatic carbocycles. The van der Waals surface area contributed by atoms with Crippen molar-refractivity contribution in [1.82, 2.24) is 16.2 Å². The fourth-order valence-electron chi connectivity index (χ4n) is 3.46. The van der Waals surface area contributed by atoms with Crippen LogP contribution in [0.2, 0.25) is 0 Å². The first-order valence-electron chi connectivity index (χ1n) is 11.3. The number of carbonyl (C=O) groups is 2. The van der Waals surface area contributed by atoms with E-state index in [9.17, 15) is 9.59 Å². The van der Waals surface area contributed by atoms with E-state index in [-0.39, 0.29) is 12.2 Å². The van der Waals surface area contributed by atoms with Crippen molar-refractivity contribution in [3.05, 3.63) is 121 Å². The monoisotopic (exact) mass is 465 g/mol. The van der Waals surface area contributed by atoms with Crippen LogP contribution in [0.25, 0.3) is 0 Å². The maximum atomic E-state index is 13.3. The molecule has 1 amide bonds. The Kier molecular flexibility index (Phi) is 7.85. The Hall–Kier alpha value is -4.46. The highest BCUT2D eigenvalue weighted by Gasteiger charge is 2.23. The van der Waals surface area contributed by atoms with E-state index < -0.39 is 5.91 Å². The number of carbonyl (C=O) groups excluding carboxylic acids is 2. The first kappa shape index (κ1) is 23.7. The van der Waals surface area contributed by atoms with Crippen LogP contribution < -0.4 is 21.1 Å². The number of para-hydroxylation sites is 4. The smallest absolute Gasteiger partial charge is 0.261 e. The number of hydrogen-bond donors (Lipinski definition) is 2. The van der Waals surface area contributed by atoms with Crippen molar-refractivity contribution in [3.8, 4) is 0 Å². The Morgan fingerprint density at radius 2 is 0.829 bits per heavy atom. The van der Waals surface area contributed by atoms with Crippen LogP contribution in [-0.4, -0.2) is 16.8 Å². The summed E-state index contributed by atoms with van der Waals surface area (Å²) in [5, 5.41) is 4.79. The van der Waals surface area contributed by atoms with E-state index in [0.717, 1.165) is 22.7 Å². The predicted octanol–water partition coefficient (Wildman–Crippen LogP) is 5.31. The van der Waals surface area contributed by atoms with Gasteiger partial charge >= 0.3 is 0 Å². The van der Waals surface area contributed by atoms with Crippen molar-refractivity contribution in [2.45, 2.75) is 13.3 Å². The molecule has 0 saturated heterocycles. The number of anilines is 4. The quantitative estimate of drug-likeness (QED) is 0.244. The summed E-state index contributed by atoms with van der Waals surface area (Å²) in [6.07, 6.45) is -0.269. The van der Waals surface area contributed by atoms with Crippen LogP contribution in [0, 0.1) is 0 Å². The third-order valence-corrected chi connectivity index (χ3v) is 5.11. The van der Waals surface area contributed by atoms with Crippen LogP contribution in [-0.2, 0) is 9.59 Å². The fraction of sp³-hybridized carbons (Fsp3) is 0.0714. The molecule has 0 unspecified atom stereocenters. The van der Waals surface area contributed by atoms with Crippen LogP contribution in [0.5, 0.6) is 0 Å². The lowest BCUT2D eigenvalue weighted by Crippen LogP contribution is -2.61. The molecule has 0 aromatic heterocycles. The fourth-order valence-corrected chi connectivity index (χ4v) is 3.46. The van der Waals surface area contributed by atoms with Crippen LogP contribution >= 0.6 is 0 Å². The Morgan fingerprint density at radius 3 is 1.09 bits per heavy atom. The molecule has 4 aromatic rings. The molecule has 0 saturated carbocycles. The Morgan fingerprint density at radius 1 is 0.543 bits per heavy atom. The lowest BCUT2D eigenvalue weighted by molar-refractivity contribution is -0.141. The zero-order chi connectivity index (χ0) is 24.5. The molecule has 0 fully saturated rings. The van der Waals surface area contributed by atoms with Crippen LogP contribution in [0.4, 0.5) is 22.7 Å². The van der Waals surface area contributed by atoms with Crippen LogP contribution in [0.3, 0.4) is 0 Å². The second kappa shape index (κ2) is 11.6. The van der Waals surface area contributed by atoms with Crippen molar-refractivity contribution in [1.29, 1.82) is 0 Å². The molecule has 4 rings (SSSR count). The first-order chi connectivity index (χ1) is 17.1. The number of nitrogens with one attached hydrogen (secondary N) is 2. The van der Waals surface area contributed by atoms with Crippen molar-refractivity contribution in [2.24, 2.45) is 0 Å². The molecule has 7 heteroatoms. The van der Waals surface area contributed by atoms with Crippen LogP contribution in [0.1, 0.15) is 13.3 Å². The standard InChI is InChI=1S/C28H27N5O2/c1-23(34)22-28(35)33(29-31(24-14-6-2-7-15-24)25-16-8-3-9-17-25)30-32(26-18-10-4-11-19-26)27-20-12-5-13-21-27/h2-21,29-30H,22H2,1H3. The largest absolute Gasteiger partial charge is 0.299 e. The average molecular weight is 466 g/mol. The molecule has 0 aliphatic carbocycles. The van der Waals surface area contributed by atoms with Gasteiger partial charge in [-0.05, 0) is 55.5 Å². The van der Waals surface area contributed by atoms with E-state index in [1.165, 1.54) is 12.0 Å². The van der Waals surface area contributed by atoms with Gasteiger partial charge in [0.25, 0.3) is 5.91 Å². The van der Waals surface area contributed by atoms with Crippen molar-refractivity contribution in [3.63, 3.8) is 0 Å². The summed E-state index contributed by atoms with van der Waals surface area (Å²) < 4.78 is 0. The molecule has 0 spiro atoms. The summed E-state index contributed by atoms with van der Waals surface area (Å²) in [5.74, 6) is -0.674. The summed E-state index contributed by atoms with van der Waals surface area (Å²) in [7, 11) is 0. The highest BCUT2D eigenvalue weighted by molar-refractivity contribution is 5.96. The molecule has 35 heavy (non-hydrogen) atoms. The van der Waals surface area contributed by atoms with Crippen molar-refractivity contribution in [2.75, 3.05) is 10.0 Å². The lowest BCUT2D eigenvalue weighted by Gasteiger charge is -2.37. The molecule has 0 aliphatic rings. The number of hydrogen-bond acceptors (Lipinski definition) is 6. The van der Waals surface area contributed by atoms with E-state index in [2.05, 4.69) is 11.1 Å². The van der Waals surface area contributed by atoms with E-state index >= 15 is 0 Å². The summed E-state index contributed by atoms with van der Waals surface area (Å²) in [6.45, 7) is 1.40. The number of ketones is 1. The Balaban J connectivity index is 1.73. The molecule has 0 aliphatic heterocycles. The second-order valence-corrected chi connectivity index (χ2v) is 7.82. The number of rotatable bonds is 10. The van der Waals surface area contributed by atoms with Crippen molar-refractivity contribution < 1.29 is 9.59 Å². The molecule has 176 valence electrons. The van der Waals surface area contributed by atoms with Gasteiger partial charge in [0.1, 0.15) is 5.78 Å². The maximum absolute atomic E-state index is 13.3. The lowest BCUT2D eigenvalue weighted by atomic mass is 10.2. The number of nitrogens with zero attached hydrogens (tertiary/aromatic N) is 3. The predicted molar refractivity (Wildman–Crippen MR) is 138 cm³/mol. The molecule has 2 N–H and O–H groups in total. The average Bonchev–Trinajstić information content (AvgIpc) is 2.90. The van der Waals surface area contributed by atoms with Crippen LogP contribution in [0.15, 0.2) is 121 Å². The van der Waals surface area contributed by atoms with Gasteiger partial charge in [-0.1, -0.05) is 72.8 Å². The van der Waals surface area contributed by atoms with Gasteiger partial charge < -0.3 is 0 Å². The Bertz CT molecular complexity index is 1060. The van der Waals surface area contributed by atoms with Crippen molar-refractivity contribution >= 4 is 34.4 Å². The summed E-state index contributed by atoms with van der Waals surface area (Å²) in [4.78, 5) is 25.2. The summed E-state index contributed by atoms with van der Waals surface area (Å²) in [5.41, 5.74) is 9.60. The van der Waals surface area contributed by atoms with E-state index in [4.69, 9.17) is 0 Å². The molecule has 0 atom stereocenters. The minimum absolute atomic E-state index is 0.236. The number of Topliss-reactive ketones (excluding diaryl/α,β-unsaturated/α-hetero) is 1. The molecule has 0 bridgehead atoms. The summed E-state index contributed by atoms with van der Waals surface area (Å²) in [6, 6.07) is 38.5. The molecule has 7 nitrogen and oxygen atoms in total. The SMILES string of the molecule is CC(=O)CC(=O)N(NN(c1ccccc1)c1ccccc1)NN(c1ccccc1)c1ccccc1. The number of amides is 1. The molecular formula is C28H27N5O2. The normalized spacial score (nSPS) is 10.4. The van der Waals surface area contributed by atoms with Gasteiger partial charge in [0.2, 0.25) is 0 Å². The molecule has 0 radical (unpaired) electrons. The second-order valence-electron chi connectivity index (χ2n) is 7.82. The van der Waals surface area contributed by atoms with Gasteiger partial charge in [-0.2, -0.15) is 5.12 Å². The third kappa shape index (κ3) is 6.32. The topological polar surface area (TPSA) is 67.9 Å². The third-order valence-electron chi connectivity index (χ3n) is 5.11. The summed E-state index contributed by atoms with van der Waals surface area (Å²) >= 11 is 0. The highest BCUT2D eigenvalue weighted by Crippen LogP contribution is 2.25. The van der Waals surface area contributed by atoms with E-state index in [1.807, 2.05) is 121 Å². The minimum atomic E-state index is -0.439. The molecule has 0 heterocycles. The number of benzene rings is 4. The van der Waals surface area contributed by atoms with E-state index in [0.29, 0.717) is 0 Å². The first-order valence-corrected chi connectivity index (χ1v) is 11.3. The minimum Gasteiger partial charge on any atom is -0.299 e. The maximum Gasteiger partial charge on any atom is 0.261 e. The van der Waals surface area contributed by atoms with Gasteiger partial charge in [0, 0.05) is 0 Å². The van der Waals surface area contributed by atoms with Gasteiger partial charge in [-0.25, -0.2) is 0 Å². The van der Waals surface area contributed by atoms with Gasteiger partial charge in [0.15, 0.2) is 0 Å². The molecular weight excluding hydrogens is 438 g/mol. The number of hydrazine groups is 4. The zero-order valence-corrected chi connectivity index (χ0v) is 19.4. The van der Waals surface area contributed by atoms with E-state index in [1.54, 1.807) is 10.0 Å². The van der Waals surface area contributed by atoms with Gasteiger partial charge in [-0.3, -0.25) is 19.6 Å². The zero-order valence-electron chi connectivity index (χ0n) is 19.4. The highest BCUT2D eigenvalue weighted by atomic mass is 16.2.